The van der Waals surface area contributed by atoms with E-state index in [0.717, 1.165) is 0 Å². The molecule has 1 fully saturated rings. The molecule has 0 bridgehead atoms. The molecule has 8 heteroatoms. The van der Waals surface area contributed by atoms with Crippen LogP contribution >= 0.6 is 12.4 Å². The predicted molar refractivity (Wildman–Crippen MR) is 86.2 cm³/mol. The van der Waals surface area contributed by atoms with Crippen molar-refractivity contribution < 1.29 is 17.5 Å². The van der Waals surface area contributed by atoms with Gasteiger partial charge in [0, 0.05) is 26.7 Å². The van der Waals surface area contributed by atoms with Gasteiger partial charge in [-0.15, -0.1) is 12.4 Å². The molecule has 1 heterocycles. The van der Waals surface area contributed by atoms with Crippen molar-refractivity contribution in [1.29, 1.82) is 0 Å². The molecule has 1 aromatic rings. The molecule has 2 unspecified atom stereocenters. The van der Waals surface area contributed by atoms with Gasteiger partial charge in [0.25, 0.3) is 0 Å². The number of nitrogens with zero attached hydrogens (tertiary/aromatic N) is 1. The standard InChI is InChI=1S/C14H21FN2O3S.ClH/c1-11(20-2)10-21(18,19)17-7-6-16-9-14(17)12-4-3-5-13(15)8-12;/h3-5,8,11,14,16H,6-7,9-10H2,1-2H3;1H. The number of ether oxygens (including phenoxy) is 1. The van der Waals surface area contributed by atoms with Gasteiger partial charge in [-0.05, 0) is 24.6 Å². The monoisotopic (exact) mass is 352 g/mol. The molecule has 2 rings (SSSR count). The van der Waals surface area contributed by atoms with Gasteiger partial charge in [0.1, 0.15) is 5.82 Å². The fraction of sp³-hybridized carbons (Fsp3) is 0.571. The number of benzene rings is 1. The first-order valence-corrected chi connectivity index (χ1v) is 8.53. The molecule has 0 amide bonds. The van der Waals surface area contributed by atoms with Crippen LogP contribution in [-0.4, -0.2) is 51.3 Å². The number of rotatable bonds is 5. The number of piperazine rings is 1. The summed E-state index contributed by atoms with van der Waals surface area (Å²) in [6, 6.07) is 5.71. The van der Waals surface area contributed by atoms with Gasteiger partial charge in [0.2, 0.25) is 10.0 Å². The molecule has 1 aliphatic heterocycles. The molecule has 1 saturated heterocycles. The van der Waals surface area contributed by atoms with Crippen LogP contribution in [-0.2, 0) is 14.8 Å². The number of hydrogen-bond donors (Lipinski definition) is 1. The van der Waals surface area contributed by atoms with Crippen molar-refractivity contribution in [2.45, 2.75) is 19.1 Å². The highest BCUT2D eigenvalue weighted by molar-refractivity contribution is 7.89. The Kier molecular flexibility index (Phi) is 7.21. The Balaban J connectivity index is 0.00000242. The fourth-order valence-corrected chi connectivity index (χ4v) is 4.35. The van der Waals surface area contributed by atoms with Crippen molar-refractivity contribution in [3.05, 3.63) is 35.6 Å². The van der Waals surface area contributed by atoms with Gasteiger partial charge in [-0.25, -0.2) is 12.8 Å². The fourth-order valence-electron chi connectivity index (χ4n) is 2.48. The SMILES string of the molecule is COC(C)CS(=O)(=O)N1CCNCC1c1cccc(F)c1.Cl. The molecular formula is C14H22ClFN2O3S. The highest BCUT2D eigenvalue weighted by atomic mass is 35.5. The van der Waals surface area contributed by atoms with E-state index >= 15 is 0 Å². The van der Waals surface area contributed by atoms with E-state index in [1.807, 2.05) is 0 Å². The molecule has 126 valence electrons. The maximum atomic E-state index is 13.4. The minimum absolute atomic E-state index is 0. The number of sulfonamides is 1. The zero-order valence-corrected chi connectivity index (χ0v) is 14.3. The van der Waals surface area contributed by atoms with E-state index in [2.05, 4.69) is 5.32 Å². The van der Waals surface area contributed by atoms with Crippen LogP contribution in [0.1, 0.15) is 18.5 Å². The minimum Gasteiger partial charge on any atom is -0.381 e. The number of nitrogens with one attached hydrogen (secondary N) is 1. The Morgan fingerprint density at radius 1 is 1.50 bits per heavy atom. The lowest BCUT2D eigenvalue weighted by Crippen LogP contribution is -2.50. The lowest BCUT2D eigenvalue weighted by Gasteiger charge is -2.36. The molecule has 1 N–H and O–H groups in total. The van der Waals surface area contributed by atoms with Gasteiger partial charge < -0.3 is 10.1 Å². The van der Waals surface area contributed by atoms with E-state index in [4.69, 9.17) is 4.74 Å². The van der Waals surface area contributed by atoms with Crippen molar-refractivity contribution in [2.24, 2.45) is 0 Å². The normalized spacial score (nSPS) is 21.1. The number of methoxy groups -OCH3 is 1. The molecular weight excluding hydrogens is 331 g/mol. The summed E-state index contributed by atoms with van der Waals surface area (Å²) in [6.45, 7) is 3.16. The molecule has 22 heavy (non-hydrogen) atoms. The smallest absolute Gasteiger partial charge is 0.217 e. The average Bonchev–Trinajstić information content (AvgIpc) is 2.46. The van der Waals surface area contributed by atoms with Gasteiger partial charge in [-0.2, -0.15) is 4.31 Å². The zero-order chi connectivity index (χ0) is 15.5. The van der Waals surface area contributed by atoms with Crippen LogP contribution in [0, 0.1) is 5.82 Å². The highest BCUT2D eigenvalue weighted by Crippen LogP contribution is 2.26. The van der Waals surface area contributed by atoms with Crippen LogP contribution in [0.15, 0.2) is 24.3 Å². The van der Waals surface area contributed by atoms with E-state index in [9.17, 15) is 12.8 Å². The van der Waals surface area contributed by atoms with Crippen molar-refractivity contribution in [1.82, 2.24) is 9.62 Å². The number of hydrogen-bond acceptors (Lipinski definition) is 4. The zero-order valence-electron chi connectivity index (χ0n) is 12.7. The summed E-state index contributed by atoms with van der Waals surface area (Å²) in [6.07, 6.45) is -0.377. The molecule has 5 nitrogen and oxygen atoms in total. The van der Waals surface area contributed by atoms with Crippen molar-refractivity contribution in [2.75, 3.05) is 32.5 Å². The van der Waals surface area contributed by atoms with Crippen LogP contribution in [0.4, 0.5) is 4.39 Å². The van der Waals surface area contributed by atoms with E-state index < -0.39 is 10.0 Å². The molecule has 0 spiro atoms. The maximum Gasteiger partial charge on any atom is 0.217 e. The van der Waals surface area contributed by atoms with E-state index in [1.54, 1.807) is 19.1 Å². The molecule has 1 aliphatic rings. The quantitative estimate of drug-likeness (QED) is 0.873. The van der Waals surface area contributed by atoms with E-state index in [-0.39, 0.29) is 36.1 Å². The summed E-state index contributed by atoms with van der Waals surface area (Å²) in [5, 5.41) is 3.16. The lowest BCUT2D eigenvalue weighted by atomic mass is 10.1. The second-order valence-electron chi connectivity index (χ2n) is 5.21. The van der Waals surface area contributed by atoms with Gasteiger partial charge in [0.15, 0.2) is 0 Å². The van der Waals surface area contributed by atoms with Gasteiger partial charge in [-0.1, -0.05) is 12.1 Å². The lowest BCUT2D eigenvalue weighted by molar-refractivity contribution is 0.134. The van der Waals surface area contributed by atoms with Crippen LogP contribution in [0.25, 0.3) is 0 Å². The molecule has 1 aromatic carbocycles. The summed E-state index contributed by atoms with van der Waals surface area (Å²) >= 11 is 0. The van der Waals surface area contributed by atoms with Crippen molar-refractivity contribution in [3.8, 4) is 0 Å². The third-order valence-corrected chi connectivity index (χ3v) is 5.68. The Morgan fingerprint density at radius 3 is 2.86 bits per heavy atom. The summed E-state index contributed by atoms with van der Waals surface area (Å²) in [5.41, 5.74) is 0.663. The molecule has 0 aliphatic carbocycles. The maximum absolute atomic E-state index is 13.4. The minimum atomic E-state index is -3.46. The first-order chi connectivity index (χ1) is 9.94. The summed E-state index contributed by atoms with van der Waals surface area (Å²) < 4.78 is 45.0. The predicted octanol–water partition coefficient (Wildman–Crippen LogP) is 1.56. The largest absolute Gasteiger partial charge is 0.381 e. The summed E-state index contributed by atoms with van der Waals surface area (Å²) in [5.74, 6) is -0.435. The third-order valence-electron chi connectivity index (χ3n) is 3.63. The van der Waals surface area contributed by atoms with Crippen molar-refractivity contribution >= 4 is 22.4 Å². The second-order valence-corrected chi connectivity index (χ2v) is 7.18. The first-order valence-electron chi connectivity index (χ1n) is 6.92. The van der Waals surface area contributed by atoms with Crippen LogP contribution < -0.4 is 5.32 Å². The van der Waals surface area contributed by atoms with Gasteiger partial charge >= 0.3 is 0 Å². The molecule has 2 atom stereocenters. The van der Waals surface area contributed by atoms with Gasteiger partial charge in [-0.3, -0.25) is 0 Å². The number of halogens is 2. The molecule has 0 aromatic heterocycles. The van der Waals surface area contributed by atoms with Crippen molar-refractivity contribution in [3.63, 3.8) is 0 Å². The average molecular weight is 353 g/mol. The van der Waals surface area contributed by atoms with E-state index in [1.165, 1.54) is 23.5 Å². The van der Waals surface area contributed by atoms with Crippen LogP contribution in [0.2, 0.25) is 0 Å². The first kappa shape index (κ1) is 19.3. The van der Waals surface area contributed by atoms with Crippen LogP contribution in [0.5, 0.6) is 0 Å². The van der Waals surface area contributed by atoms with Gasteiger partial charge in [0.05, 0.1) is 17.9 Å². The third kappa shape index (κ3) is 4.63. The summed E-state index contributed by atoms with van der Waals surface area (Å²) in [7, 11) is -1.97. The summed E-state index contributed by atoms with van der Waals surface area (Å²) in [4.78, 5) is 0. The topological polar surface area (TPSA) is 58.6 Å². The second kappa shape index (κ2) is 8.21. The highest BCUT2D eigenvalue weighted by Gasteiger charge is 2.34. The Morgan fingerprint density at radius 2 is 2.23 bits per heavy atom. The molecule has 0 radical (unpaired) electrons. The Hall–Kier alpha value is -0.730. The van der Waals surface area contributed by atoms with Crippen LogP contribution in [0.3, 0.4) is 0 Å². The van der Waals surface area contributed by atoms with E-state index in [0.29, 0.717) is 25.2 Å². The molecule has 0 saturated carbocycles. The Labute approximate surface area is 137 Å². The Bertz CT molecular complexity index is 585.